The zero-order chi connectivity index (χ0) is 13.1. The highest BCUT2D eigenvalue weighted by atomic mass is 15.1. The molecule has 1 aromatic heterocycles. The molecule has 0 bridgehead atoms. The van der Waals surface area contributed by atoms with Gasteiger partial charge in [-0.25, -0.2) is 4.98 Å². The molecule has 2 N–H and O–H groups in total. The molecule has 1 heterocycles. The fourth-order valence-corrected chi connectivity index (χ4v) is 2.14. The molecule has 0 saturated heterocycles. The second-order valence-corrected chi connectivity index (χ2v) is 4.67. The molecule has 0 saturated carbocycles. The average Bonchev–Trinajstić information content (AvgIpc) is 2.67. The number of benzene rings is 1. The maximum Gasteiger partial charge on any atom is 0.122 e. The van der Waals surface area contributed by atoms with Crippen molar-refractivity contribution in [1.29, 1.82) is 0 Å². The molecule has 0 unspecified atom stereocenters. The van der Waals surface area contributed by atoms with Gasteiger partial charge in [0, 0.05) is 19.2 Å². The van der Waals surface area contributed by atoms with E-state index in [9.17, 15) is 0 Å². The Hall–Kier alpha value is -1.61. The van der Waals surface area contributed by atoms with Gasteiger partial charge in [-0.15, -0.1) is 0 Å². The lowest BCUT2D eigenvalue weighted by molar-refractivity contribution is 0.774. The second-order valence-electron chi connectivity index (χ2n) is 4.67. The molecule has 0 spiro atoms. The summed E-state index contributed by atoms with van der Waals surface area (Å²) in [6.45, 7) is 4.76. The van der Waals surface area contributed by atoms with Gasteiger partial charge >= 0.3 is 0 Å². The first-order valence-electron chi connectivity index (χ1n) is 6.44. The van der Waals surface area contributed by atoms with Gasteiger partial charge in [-0.1, -0.05) is 31.2 Å². The predicted octanol–water partition coefficient (Wildman–Crippen LogP) is 2.34. The summed E-state index contributed by atoms with van der Waals surface area (Å²) in [6, 6.07) is 8.76. The third-order valence-corrected chi connectivity index (χ3v) is 3.56. The van der Waals surface area contributed by atoms with E-state index in [4.69, 9.17) is 5.73 Å². The summed E-state index contributed by atoms with van der Waals surface area (Å²) in [4.78, 5) is 4.60. The Balaban J connectivity index is 2.22. The average molecular weight is 243 g/mol. The van der Waals surface area contributed by atoms with Crippen LogP contribution in [0.2, 0.25) is 0 Å². The molecule has 2 rings (SSSR count). The number of nitrogens with two attached hydrogens (primary N) is 1. The topological polar surface area (TPSA) is 43.8 Å². The van der Waals surface area contributed by atoms with Crippen molar-refractivity contribution in [2.75, 3.05) is 0 Å². The highest BCUT2D eigenvalue weighted by Crippen LogP contribution is 2.15. The minimum atomic E-state index is 0.492. The van der Waals surface area contributed by atoms with Gasteiger partial charge in [-0.3, -0.25) is 0 Å². The number of aromatic nitrogens is 2. The van der Waals surface area contributed by atoms with E-state index >= 15 is 0 Å². The number of hydrogen-bond acceptors (Lipinski definition) is 2. The molecule has 0 aliphatic heterocycles. The SMILES string of the molecule is CCc1ccc(Cc2nc(CN)n(C)c2C)cc1. The highest BCUT2D eigenvalue weighted by molar-refractivity contribution is 5.28. The van der Waals surface area contributed by atoms with E-state index in [-0.39, 0.29) is 0 Å². The quantitative estimate of drug-likeness (QED) is 0.895. The fourth-order valence-electron chi connectivity index (χ4n) is 2.14. The van der Waals surface area contributed by atoms with E-state index in [1.165, 1.54) is 16.8 Å². The lowest BCUT2D eigenvalue weighted by Gasteiger charge is -2.02. The van der Waals surface area contributed by atoms with Crippen LogP contribution in [0.5, 0.6) is 0 Å². The Kier molecular flexibility index (Phi) is 3.82. The number of aryl methyl sites for hydroxylation is 1. The molecule has 0 fully saturated rings. The molecule has 0 radical (unpaired) electrons. The van der Waals surface area contributed by atoms with Gasteiger partial charge in [0.2, 0.25) is 0 Å². The van der Waals surface area contributed by atoms with Crippen LogP contribution in [0.4, 0.5) is 0 Å². The Labute approximate surface area is 109 Å². The van der Waals surface area contributed by atoms with Crippen LogP contribution in [-0.4, -0.2) is 9.55 Å². The third kappa shape index (κ3) is 2.46. The highest BCUT2D eigenvalue weighted by Gasteiger charge is 2.10. The number of nitrogens with zero attached hydrogens (tertiary/aromatic N) is 2. The zero-order valence-electron chi connectivity index (χ0n) is 11.4. The van der Waals surface area contributed by atoms with Crippen molar-refractivity contribution in [2.45, 2.75) is 33.2 Å². The molecule has 18 heavy (non-hydrogen) atoms. The van der Waals surface area contributed by atoms with Gasteiger partial charge in [-0.2, -0.15) is 0 Å². The largest absolute Gasteiger partial charge is 0.334 e. The summed E-state index contributed by atoms with van der Waals surface area (Å²) >= 11 is 0. The van der Waals surface area contributed by atoms with Crippen molar-refractivity contribution in [2.24, 2.45) is 12.8 Å². The van der Waals surface area contributed by atoms with E-state index in [0.29, 0.717) is 6.54 Å². The molecule has 0 aliphatic carbocycles. The van der Waals surface area contributed by atoms with Gasteiger partial charge < -0.3 is 10.3 Å². The van der Waals surface area contributed by atoms with Crippen LogP contribution in [0.3, 0.4) is 0 Å². The normalized spacial score (nSPS) is 10.9. The van der Waals surface area contributed by atoms with Crippen LogP contribution < -0.4 is 5.73 Å². The van der Waals surface area contributed by atoms with Crippen molar-refractivity contribution in [3.05, 3.63) is 52.6 Å². The van der Waals surface area contributed by atoms with Crippen molar-refractivity contribution in [3.8, 4) is 0 Å². The molecular weight excluding hydrogens is 222 g/mol. The van der Waals surface area contributed by atoms with Crippen LogP contribution in [-0.2, 0) is 26.4 Å². The Bertz CT molecular complexity index is 523. The molecule has 0 atom stereocenters. The number of imidazole rings is 1. The van der Waals surface area contributed by atoms with Crippen molar-refractivity contribution >= 4 is 0 Å². The minimum Gasteiger partial charge on any atom is -0.334 e. The minimum absolute atomic E-state index is 0.492. The molecule has 3 nitrogen and oxygen atoms in total. The molecule has 1 aromatic carbocycles. The van der Waals surface area contributed by atoms with Crippen molar-refractivity contribution in [3.63, 3.8) is 0 Å². The molecule has 2 aromatic rings. The molecule has 3 heteroatoms. The number of rotatable bonds is 4. The predicted molar refractivity (Wildman–Crippen MR) is 74.5 cm³/mol. The Morgan fingerprint density at radius 3 is 2.28 bits per heavy atom. The van der Waals surface area contributed by atoms with E-state index in [1.54, 1.807) is 0 Å². The van der Waals surface area contributed by atoms with Crippen LogP contribution in [0.1, 0.15) is 35.3 Å². The van der Waals surface area contributed by atoms with Gasteiger partial charge in [0.25, 0.3) is 0 Å². The van der Waals surface area contributed by atoms with Crippen molar-refractivity contribution in [1.82, 2.24) is 9.55 Å². The second kappa shape index (κ2) is 5.36. The Morgan fingerprint density at radius 2 is 1.78 bits per heavy atom. The maximum atomic E-state index is 5.68. The smallest absolute Gasteiger partial charge is 0.122 e. The van der Waals surface area contributed by atoms with Crippen LogP contribution in [0, 0.1) is 6.92 Å². The lowest BCUT2D eigenvalue weighted by atomic mass is 10.1. The van der Waals surface area contributed by atoms with Crippen LogP contribution in [0.15, 0.2) is 24.3 Å². The first-order chi connectivity index (χ1) is 8.65. The molecule has 96 valence electrons. The van der Waals surface area contributed by atoms with E-state index in [1.807, 2.05) is 7.05 Å². The summed E-state index contributed by atoms with van der Waals surface area (Å²) in [5.41, 5.74) is 10.7. The van der Waals surface area contributed by atoms with Crippen LogP contribution in [0.25, 0.3) is 0 Å². The summed E-state index contributed by atoms with van der Waals surface area (Å²) in [5.74, 6) is 0.952. The number of hydrogen-bond donors (Lipinski definition) is 1. The van der Waals surface area contributed by atoms with E-state index in [2.05, 4.69) is 47.7 Å². The summed E-state index contributed by atoms with van der Waals surface area (Å²) in [5, 5.41) is 0. The van der Waals surface area contributed by atoms with Gasteiger partial charge in [0.15, 0.2) is 0 Å². The zero-order valence-corrected chi connectivity index (χ0v) is 11.4. The van der Waals surface area contributed by atoms with Gasteiger partial charge in [-0.05, 0) is 24.5 Å². The Morgan fingerprint density at radius 1 is 1.17 bits per heavy atom. The fraction of sp³-hybridized carbons (Fsp3) is 0.400. The van der Waals surface area contributed by atoms with Gasteiger partial charge in [0.1, 0.15) is 5.82 Å². The first kappa shape index (κ1) is 12.8. The standard InChI is InChI=1S/C15H21N3/c1-4-12-5-7-13(8-6-12)9-14-11(2)18(3)15(10-16)17-14/h5-8H,4,9-10,16H2,1-3H3. The lowest BCUT2D eigenvalue weighted by Crippen LogP contribution is -2.05. The summed E-state index contributed by atoms with van der Waals surface area (Å²) in [6.07, 6.45) is 1.96. The monoisotopic (exact) mass is 243 g/mol. The third-order valence-electron chi connectivity index (χ3n) is 3.56. The molecule has 0 amide bonds. The molecule has 0 aliphatic rings. The van der Waals surface area contributed by atoms with Gasteiger partial charge in [0.05, 0.1) is 12.2 Å². The van der Waals surface area contributed by atoms with E-state index in [0.717, 1.165) is 24.4 Å². The van der Waals surface area contributed by atoms with Crippen molar-refractivity contribution < 1.29 is 0 Å². The van der Waals surface area contributed by atoms with E-state index < -0.39 is 0 Å². The first-order valence-corrected chi connectivity index (χ1v) is 6.44. The summed E-state index contributed by atoms with van der Waals surface area (Å²) in [7, 11) is 2.02. The van der Waals surface area contributed by atoms with Crippen LogP contribution >= 0.6 is 0 Å². The summed E-state index contributed by atoms with van der Waals surface area (Å²) < 4.78 is 2.08. The maximum absolute atomic E-state index is 5.68. The molecular formula is C15H21N3.